The number of aldehydes is 1. The molecule has 348 valence electrons. The molecule has 1 amide bonds. The second kappa shape index (κ2) is 22.2. The number of aliphatic imine (C=N–C) groups is 1. The smallest absolute Gasteiger partial charge is 0.293 e. The summed E-state index contributed by atoms with van der Waals surface area (Å²) in [6.45, 7) is 18.0. The molecule has 0 spiro atoms. The molecule has 14 nitrogen and oxygen atoms in total. The minimum Gasteiger partial charge on any atom is -0.508 e. The van der Waals surface area contributed by atoms with Gasteiger partial charge < -0.3 is 34.4 Å². The molecule has 4 N–H and O–H groups in total. The Morgan fingerprint density at radius 2 is 1.83 bits per heavy atom. The van der Waals surface area contributed by atoms with Gasteiger partial charge in [0.25, 0.3) is 6.47 Å². The van der Waals surface area contributed by atoms with Gasteiger partial charge in [0.1, 0.15) is 23.9 Å². The molecule has 0 bridgehead atoms. The molecule has 2 aromatic carbocycles. The summed E-state index contributed by atoms with van der Waals surface area (Å²) in [7, 11) is 7.06. The number of aromatic nitrogens is 2. The van der Waals surface area contributed by atoms with E-state index in [4.69, 9.17) is 29.9 Å². The first-order valence-corrected chi connectivity index (χ1v) is 22.5. The van der Waals surface area contributed by atoms with Gasteiger partial charge in [-0.15, -0.1) is 0 Å². The third kappa shape index (κ3) is 12.1. The van der Waals surface area contributed by atoms with Gasteiger partial charge >= 0.3 is 0 Å². The highest BCUT2D eigenvalue weighted by Gasteiger charge is 2.47. The Labute approximate surface area is 379 Å². The maximum atomic E-state index is 11.2. The van der Waals surface area contributed by atoms with Crippen LogP contribution in [0.4, 0.5) is 0 Å². The Morgan fingerprint density at radius 1 is 1.08 bits per heavy atom. The number of carbonyl (C=O) groups excluding carboxylic acids is 3. The Hall–Kier alpha value is -5.15. The standard InChI is InChI=1S/C37H45N5O4.C7H16N2O.C6H10O2/c1-6-41-33-12-11-26(27-16-25(17-28(44)19-27)18-32-36(40-32)42-15-8-7-14-39-42)20-30(33)31(21-37(3,4)22-46-23-43)35(41)29-10-9-13-38-34(29)24(2)45-5;1-5(2)6(7(8)10)9(3)4;1-4-5(3-7)6(4)8-2/h9-13,16-17,19-20,23-24,32,39,44H,6-8,14-15,18,21-22H2,1-5H3;5-6H,1-4H3,(H2,8,10);3-6H,1-2H3. The van der Waals surface area contributed by atoms with Crippen molar-refractivity contribution >= 4 is 35.4 Å². The molecule has 2 aliphatic heterocycles. The van der Waals surface area contributed by atoms with Gasteiger partial charge in [-0.2, -0.15) is 0 Å². The first kappa shape index (κ1) is 49.9. The lowest BCUT2D eigenvalue weighted by atomic mass is 9.84. The zero-order valence-electron chi connectivity index (χ0n) is 39.8. The van der Waals surface area contributed by atoms with E-state index in [1.54, 1.807) is 14.2 Å². The number of methoxy groups -OCH3 is 2. The first-order chi connectivity index (χ1) is 30.5. The lowest BCUT2D eigenvalue weighted by Crippen LogP contribution is -2.45. The number of benzene rings is 2. The molecule has 6 atom stereocenters. The van der Waals surface area contributed by atoms with Gasteiger partial charge in [-0.25, -0.2) is 5.43 Å². The van der Waals surface area contributed by atoms with Crippen molar-refractivity contribution in [3.63, 3.8) is 0 Å². The van der Waals surface area contributed by atoms with Crippen LogP contribution in [-0.4, -0.2) is 115 Å². The lowest BCUT2D eigenvalue weighted by Gasteiger charge is -2.26. The van der Waals surface area contributed by atoms with Crippen LogP contribution in [0.5, 0.6) is 5.75 Å². The van der Waals surface area contributed by atoms with Crippen LogP contribution < -0.4 is 11.2 Å². The number of amides is 1. The number of nitrogens with zero attached hydrogens (tertiary/aromatic N) is 5. The number of hydrogen-bond acceptors (Lipinski definition) is 12. The number of phenols is 1. The quantitative estimate of drug-likeness (QED) is 0.0933. The summed E-state index contributed by atoms with van der Waals surface area (Å²) in [5, 5.41) is 14.1. The van der Waals surface area contributed by atoms with Crippen molar-refractivity contribution in [3.8, 4) is 28.1 Å². The molecule has 2 aromatic heterocycles. The van der Waals surface area contributed by atoms with E-state index in [1.807, 2.05) is 71.1 Å². The average Bonchev–Trinajstić information content (AvgIpc) is 4.16. The topological polar surface area (TPSA) is 174 Å². The molecular weight excluding hydrogens is 811 g/mol. The summed E-state index contributed by atoms with van der Waals surface area (Å²) in [5.41, 5.74) is 16.6. The van der Waals surface area contributed by atoms with Gasteiger partial charge in [0.2, 0.25) is 5.91 Å². The van der Waals surface area contributed by atoms with E-state index in [0.29, 0.717) is 25.4 Å². The predicted molar refractivity (Wildman–Crippen MR) is 253 cm³/mol. The lowest BCUT2D eigenvalue weighted by molar-refractivity contribution is -0.131. The highest BCUT2D eigenvalue weighted by atomic mass is 16.5. The first-order valence-electron chi connectivity index (χ1n) is 22.5. The third-order valence-corrected chi connectivity index (χ3v) is 12.4. The number of rotatable bonds is 17. The van der Waals surface area contributed by atoms with Gasteiger partial charge in [0.15, 0.2) is 0 Å². The number of fused-ring (bicyclic) bond motifs is 1. The molecule has 14 heteroatoms. The van der Waals surface area contributed by atoms with Crippen LogP contribution in [-0.2, 0) is 48.0 Å². The molecular formula is C50H71N7O7. The van der Waals surface area contributed by atoms with Gasteiger partial charge in [0, 0.05) is 74.3 Å². The van der Waals surface area contributed by atoms with Crippen molar-refractivity contribution in [2.24, 2.45) is 33.9 Å². The SMILES string of the molecule is CC(C)C(C(N)=O)N(C)C.CCn1c(-c2cccnc2C(C)OC)c(CC(C)(C)COC=O)c2cc(-c3cc(O)cc(CC4N=C4N4CCCCN4)c3)ccc21.COC1C(C)C1C=O. The van der Waals surface area contributed by atoms with E-state index in [1.165, 1.54) is 18.4 Å². The monoisotopic (exact) mass is 882 g/mol. The largest absolute Gasteiger partial charge is 0.508 e. The normalized spacial score (nSPS) is 20.1. The number of hydrazine groups is 1. The molecule has 1 aliphatic carbocycles. The number of nitrogens with two attached hydrogens (primary N) is 1. The molecule has 6 unspecified atom stereocenters. The number of aryl methyl sites for hydroxylation is 1. The molecule has 64 heavy (non-hydrogen) atoms. The van der Waals surface area contributed by atoms with E-state index >= 15 is 0 Å². The summed E-state index contributed by atoms with van der Waals surface area (Å²) >= 11 is 0. The maximum Gasteiger partial charge on any atom is 0.293 e. The zero-order chi connectivity index (χ0) is 46.9. The van der Waals surface area contributed by atoms with Gasteiger partial charge in [-0.1, -0.05) is 46.8 Å². The highest BCUT2D eigenvalue weighted by Crippen LogP contribution is 2.42. The summed E-state index contributed by atoms with van der Waals surface area (Å²) in [6, 6.07) is 16.5. The van der Waals surface area contributed by atoms with Crippen LogP contribution in [0.15, 0.2) is 59.7 Å². The summed E-state index contributed by atoms with van der Waals surface area (Å²) in [5.74, 6) is 2.03. The van der Waals surface area contributed by atoms with Crippen LogP contribution in [0.3, 0.4) is 0 Å². The maximum absolute atomic E-state index is 11.2. The van der Waals surface area contributed by atoms with Crippen LogP contribution in [0.2, 0.25) is 0 Å². The van der Waals surface area contributed by atoms with E-state index in [9.17, 15) is 19.5 Å². The van der Waals surface area contributed by atoms with E-state index in [0.717, 1.165) is 82.7 Å². The fourth-order valence-corrected chi connectivity index (χ4v) is 9.04. The predicted octanol–water partition coefficient (Wildman–Crippen LogP) is 6.99. The van der Waals surface area contributed by atoms with Crippen LogP contribution in [0.1, 0.15) is 84.2 Å². The number of nitrogens with one attached hydrogen (secondary N) is 1. The second-order valence-electron chi connectivity index (χ2n) is 18.6. The number of carbonyl (C=O) groups is 3. The fraction of sp³-hybridized carbons (Fsp3) is 0.540. The number of hydrogen-bond donors (Lipinski definition) is 3. The number of likely N-dealkylation sites (N-methyl/N-ethyl adjacent to an activating group) is 1. The number of aromatic hydroxyl groups is 1. The summed E-state index contributed by atoms with van der Waals surface area (Å²) in [6.07, 6.45) is 6.61. The fourth-order valence-electron chi connectivity index (χ4n) is 9.04. The Morgan fingerprint density at radius 3 is 2.38 bits per heavy atom. The van der Waals surface area contributed by atoms with Gasteiger partial charge in [-0.05, 0) is 118 Å². The molecule has 0 radical (unpaired) electrons. The minimum absolute atomic E-state index is 0.139. The van der Waals surface area contributed by atoms with Crippen LogP contribution in [0.25, 0.3) is 33.3 Å². The minimum atomic E-state index is -0.322. The van der Waals surface area contributed by atoms with Crippen molar-refractivity contribution in [2.45, 2.75) is 105 Å². The molecule has 4 heterocycles. The number of ether oxygens (including phenoxy) is 3. The molecule has 4 aromatic rings. The number of phenolic OH excluding ortho intramolecular Hbond substituents is 1. The van der Waals surface area contributed by atoms with Crippen molar-refractivity contribution in [3.05, 3.63) is 71.5 Å². The Bertz CT molecular complexity index is 2240. The molecule has 7 rings (SSSR count). The average molecular weight is 882 g/mol. The number of amidine groups is 1. The Balaban J connectivity index is 0.000000356. The zero-order valence-corrected chi connectivity index (χ0v) is 39.8. The van der Waals surface area contributed by atoms with E-state index < -0.39 is 0 Å². The van der Waals surface area contributed by atoms with E-state index in [2.05, 4.69) is 66.1 Å². The second-order valence-corrected chi connectivity index (χ2v) is 18.6. The molecule has 2 fully saturated rings. The number of pyridine rings is 1. The van der Waals surface area contributed by atoms with Crippen molar-refractivity contribution in [2.75, 3.05) is 48.0 Å². The Kier molecular flexibility index (Phi) is 17.3. The van der Waals surface area contributed by atoms with Crippen molar-refractivity contribution in [1.82, 2.24) is 24.9 Å². The molecule has 1 saturated carbocycles. The highest BCUT2D eigenvalue weighted by molar-refractivity contribution is 5.99. The van der Waals surface area contributed by atoms with Crippen molar-refractivity contribution < 1.29 is 33.7 Å². The molecule has 1 saturated heterocycles. The van der Waals surface area contributed by atoms with Gasteiger partial charge in [0.05, 0.1) is 36.2 Å². The van der Waals surface area contributed by atoms with E-state index in [-0.39, 0.29) is 53.2 Å². The van der Waals surface area contributed by atoms with Crippen molar-refractivity contribution in [1.29, 1.82) is 0 Å². The summed E-state index contributed by atoms with van der Waals surface area (Å²) in [4.78, 5) is 43.3. The summed E-state index contributed by atoms with van der Waals surface area (Å²) < 4.78 is 18.3. The third-order valence-electron chi connectivity index (χ3n) is 12.4. The van der Waals surface area contributed by atoms with Crippen LogP contribution >= 0.6 is 0 Å². The van der Waals surface area contributed by atoms with Gasteiger partial charge in [-0.3, -0.25) is 29.5 Å². The number of primary amides is 1. The molecule has 3 aliphatic rings. The van der Waals surface area contributed by atoms with Crippen LogP contribution in [0, 0.1) is 23.2 Å².